The second-order valence-corrected chi connectivity index (χ2v) is 8.40. The number of rotatable bonds is 10. The highest BCUT2D eigenvalue weighted by Gasteiger charge is 2.61. The Labute approximate surface area is 197 Å². The van der Waals surface area contributed by atoms with Gasteiger partial charge < -0.3 is 25.2 Å². The second-order valence-electron chi connectivity index (χ2n) is 7.58. The highest BCUT2D eigenvalue weighted by molar-refractivity contribution is 9.10. The number of halogens is 4. The number of carbonyl (C=O) groups is 2. The maximum Gasteiger partial charge on any atom is 0.490 e. The van der Waals surface area contributed by atoms with Crippen molar-refractivity contribution < 1.29 is 37.3 Å². The van der Waals surface area contributed by atoms with Gasteiger partial charge in [-0.05, 0) is 34.8 Å². The molecule has 0 spiro atoms. The van der Waals surface area contributed by atoms with Crippen LogP contribution in [0.2, 0.25) is 0 Å². The summed E-state index contributed by atoms with van der Waals surface area (Å²) in [7, 11) is 0. The van der Waals surface area contributed by atoms with Gasteiger partial charge in [-0.25, -0.2) is 9.78 Å². The highest BCUT2D eigenvalue weighted by Crippen LogP contribution is 2.54. The molecule has 0 radical (unpaired) electrons. The summed E-state index contributed by atoms with van der Waals surface area (Å²) in [5, 5.41) is 13.5. The van der Waals surface area contributed by atoms with Crippen LogP contribution in [0.5, 0.6) is 0 Å². The smallest absolute Gasteiger partial charge is 0.475 e. The van der Waals surface area contributed by atoms with E-state index in [2.05, 4.69) is 44.7 Å². The maximum atomic E-state index is 12.7. The molecule has 2 aliphatic rings. The van der Waals surface area contributed by atoms with Crippen LogP contribution in [0.1, 0.15) is 18.4 Å². The molecule has 3 rings (SSSR count). The van der Waals surface area contributed by atoms with Gasteiger partial charge in [0.15, 0.2) is 0 Å². The van der Waals surface area contributed by atoms with Gasteiger partial charge in [0.1, 0.15) is 10.4 Å². The lowest BCUT2D eigenvalue weighted by molar-refractivity contribution is -0.192. The molecule has 8 nitrogen and oxygen atoms in total. The fourth-order valence-corrected chi connectivity index (χ4v) is 3.70. The van der Waals surface area contributed by atoms with Gasteiger partial charge in [0.2, 0.25) is 5.91 Å². The van der Waals surface area contributed by atoms with Gasteiger partial charge in [0, 0.05) is 17.0 Å². The van der Waals surface area contributed by atoms with Crippen LogP contribution in [0.15, 0.2) is 42.0 Å². The number of ether oxygens (including phenoxy) is 2. The third kappa shape index (κ3) is 7.91. The third-order valence-electron chi connectivity index (χ3n) is 5.07. The summed E-state index contributed by atoms with van der Waals surface area (Å²) in [6.07, 6.45) is 0.184. The van der Waals surface area contributed by atoms with Crippen molar-refractivity contribution in [1.29, 1.82) is 0 Å². The van der Waals surface area contributed by atoms with Crippen molar-refractivity contribution in [3.63, 3.8) is 0 Å². The summed E-state index contributed by atoms with van der Waals surface area (Å²) < 4.78 is 43.5. The molecule has 3 N–H and O–H groups in total. The number of alkyl halides is 3. The zero-order chi connectivity index (χ0) is 24.6. The van der Waals surface area contributed by atoms with E-state index in [-0.39, 0.29) is 17.4 Å². The van der Waals surface area contributed by atoms with Crippen LogP contribution in [0, 0.1) is 5.41 Å². The first-order valence-electron chi connectivity index (χ1n) is 9.92. The minimum Gasteiger partial charge on any atom is -0.475 e. The van der Waals surface area contributed by atoms with E-state index in [0.29, 0.717) is 42.9 Å². The number of aromatic nitrogens is 1. The van der Waals surface area contributed by atoms with Crippen LogP contribution >= 0.6 is 15.9 Å². The molecule has 0 bridgehead atoms. The van der Waals surface area contributed by atoms with Crippen molar-refractivity contribution in [3.05, 3.63) is 47.6 Å². The summed E-state index contributed by atoms with van der Waals surface area (Å²) in [5.74, 6) is -2.31. The van der Waals surface area contributed by atoms with E-state index >= 15 is 0 Å². The van der Waals surface area contributed by atoms with E-state index < -0.39 is 12.1 Å². The van der Waals surface area contributed by atoms with Crippen molar-refractivity contribution in [1.82, 2.24) is 10.3 Å². The SMILES string of the molecule is C=CCOCc1ccc(Br)nc1NC(=O)[C@@H]1C[C@@]2(COCC=C)C[C@@H]2N1.O=C(O)C(F)(F)F. The van der Waals surface area contributed by atoms with Gasteiger partial charge in [-0.1, -0.05) is 18.2 Å². The minimum atomic E-state index is -5.08. The Hall–Kier alpha value is -2.28. The molecule has 182 valence electrons. The molecule has 1 aliphatic heterocycles. The van der Waals surface area contributed by atoms with Crippen molar-refractivity contribution in [2.24, 2.45) is 5.41 Å². The number of hydrogen-bond acceptors (Lipinski definition) is 6. The molecule has 1 aromatic heterocycles. The molecule has 1 saturated heterocycles. The number of carboxylic acid groups (broad SMARTS) is 1. The lowest BCUT2D eigenvalue weighted by Crippen LogP contribution is -2.38. The Kier molecular flexibility index (Phi) is 9.58. The van der Waals surface area contributed by atoms with Crippen molar-refractivity contribution in [2.75, 3.05) is 25.1 Å². The quantitative estimate of drug-likeness (QED) is 0.239. The van der Waals surface area contributed by atoms with E-state index in [1.165, 1.54) is 0 Å². The highest BCUT2D eigenvalue weighted by atomic mass is 79.9. The summed E-state index contributed by atoms with van der Waals surface area (Å²) in [5.41, 5.74) is 0.918. The molecule has 33 heavy (non-hydrogen) atoms. The Balaban J connectivity index is 0.000000479. The number of carboxylic acids is 1. The average Bonchev–Trinajstić information content (AvgIpc) is 3.29. The van der Waals surface area contributed by atoms with Crippen molar-refractivity contribution in [3.8, 4) is 0 Å². The average molecular weight is 536 g/mol. The first kappa shape index (κ1) is 27.0. The number of hydrogen-bond donors (Lipinski definition) is 3. The van der Waals surface area contributed by atoms with E-state index in [9.17, 15) is 18.0 Å². The largest absolute Gasteiger partial charge is 0.490 e. The molecule has 2 heterocycles. The normalized spacial score (nSPS) is 23.0. The summed E-state index contributed by atoms with van der Waals surface area (Å²) in [6, 6.07) is 3.84. The number of nitrogens with zero attached hydrogens (tertiary/aromatic N) is 1. The van der Waals surface area contributed by atoms with Gasteiger partial charge in [0.25, 0.3) is 0 Å². The van der Waals surface area contributed by atoms with E-state index in [1.807, 2.05) is 12.1 Å². The van der Waals surface area contributed by atoms with Crippen molar-refractivity contribution >= 4 is 33.6 Å². The topological polar surface area (TPSA) is 110 Å². The van der Waals surface area contributed by atoms with E-state index in [1.54, 1.807) is 12.2 Å². The molecule has 1 amide bonds. The number of anilines is 1. The minimum absolute atomic E-state index is 0.0733. The molecular formula is C21H25BrF3N3O5. The first-order chi connectivity index (χ1) is 15.5. The molecule has 1 saturated carbocycles. The Bertz CT molecular complexity index is 883. The first-order valence-corrected chi connectivity index (χ1v) is 10.7. The molecule has 2 fully saturated rings. The molecule has 3 atom stereocenters. The summed E-state index contributed by atoms with van der Waals surface area (Å²) in [4.78, 5) is 26.0. The lowest BCUT2D eigenvalue weighted by atomic mass is 10.0. The monoisotopic (exact) mass is 535 g/mol. The number of carbonyl (C=O) groups excluding carboxylic acids is 1. The van der Waals surface area contributed by atoms with E-state index in [0.717, 1.165) is 18.4 Å². The molecule has 1 aromatic rings. The maximum absolute atomic E-state index is 12.7. The Morgan fingerprint density at radius 2 is 1.91 bits per heavy atom. The number of aliphatic carboxylic acids is 1. The predicted octanol–water partition coefficient (Wildman–Crippen LogP) is 3.44. The van der Waals surface area contributed by atoms with Crippen molar-refractivity contribution in [2.45, 2.75) is 37.7 Å². The number of piperidine rings is 1. The molecular weight excluding hydrogens is 511 g/mol. The fourth-order valence-electron chi connectivity index (χ4n) is 3.39. The standard InChI is InChI=1S/C19H24BrN3O3.C2HF3O2/c1-3-7-25-11-13-5-6-16(20)22-17(13)23-18(24)14-9-19(10-15(19)21-14)12-26-8-4-2;3-2(4,5)1(6)7/h3-6,14-15,21H,1-2,7-12H2,(H,22,23,24);(H,6,7)/t14-,15-,19-;/m0./s1. The number of pyridine rings is 1. The molecule has 12 heteroatoms. The Morgan fingerprint density at radius 3 is 2.52 bits per heavy atom. The molecule has 0 unspecified atom stereocenters. The Morgan fingerprint density at radius 1 is 1.27 bits per heavy atom. The van der Waals surface area contributed by atoms with Gasteiger partial charge in [-0.2, -0.15) is 13.2 Å². The van der Waals surface area contributed by atoms with Crippen LogP contribution < -0.4 is 10.6 Å². The predicted molar refractivity (Wildman–Crippen MR) is 118 cm³/mol. The van der Waals surface area contributed by atoms with Crippen LogP contribution in [0.25, 0.3) is 0 Å². The second kappa shape index (κ2) is 11.7. The van der Waals surface area contributed by atoms with Crippen LogP contribution in [0.3, 0.4) is 0 Å². The molecule has 0 aromatic carbocycles. The van der Waals surface area contributed by atoms with Crippen LogP contribution in [-0.4, -0.2) is 60.0 Å². The van der Waals surface area contributed by atoms with Gasteiger partial charge >= 0.3 is 12.1 Å². The fraction of sp³-hybridized carbons (Fsp3) is 0.476. The zero-order valence-electron chi connectivity index (χ0n) is 17.7. The number of nitrogens with one attached hydrogen (secondary N) is 2. The summed E-state index contributed by atoms with van der Waals surface area (Å²) >= 11 is 3.35. The van der Waals surface area contributed by atoms with Crippen LogP contribution in [-0.2, 0) is 25.7 Å². The third-order valence-corrected chi connectivity index (χ3v) is 5.51. The van der Waals surface area contributed by atoms with Gasteiger partial charge in [-0.3, -0.25) is 4.79 Å². The summed E-state index contributed by atoms with van der Waals surface area (Å²) in [6.45, 7) is 9.31. The van der Waals surface area contributed by atoms with Crippen LogP contribution in [0.4, 0.5) is 19.0 Å². The lowest BCUT2D eigenvalue weighted by Gasteiger charge is -2.17. The zero-order valence-corrected chi connectivity index (χ0v) is 19.2. The van der Waals surface area contributed by atoms with Gasteiger partial charge in [-0.15, -0.1) is 13.2 Å². The van der Waals surface area contributed by atoms with Gasteiger partial charge in [0.05, 0.1) is 32.5 Å². The molecule has 1 aliphatic carbocycles. The number of amides is 1. The number of fused-ring (bicyclic) bond motifs is 1. The van der Waals surface area contributed by atoms with E-state index in [4.69, 9.17) is 19.4 Å².